The number of carbonyl (C=O) groups is 2. The fourth-order valence-corrected chi connectivity index (χ4v) is 5.40. The molecule has 3 aromatic carbocycles. The second-order valence-electron chi connectivity index (χ2n) is 7.70. The normalized spacial score (nSPS) is 13.8. The van der Waals surface area contributed by atoms with Crippen molar-refractivity contribution in [1.29, 1.82) is 0 Å². The third-order valence-electron chi connectivity index (χ3n) is 5.40. The summed E-state index contributed by atoms with van der Waals surface area (Å²) in [7, 11) is -3.81. The van der Waals surface area contributed by atoms with Gasteiger partial charge < -0.3 is 10.1 Å². The van der Waals surface area contributed by atoms with E-state index in [1.807, 2.05) is 43.3 Å². The zero-order valence-corrected chi connectivity index (χ0v) is 18.5. The smallest absolute Gasteiger partial charge is 0.326 e. The Kier molecular flexibility index (Phi) is 6.14. The average molecular weight is 453 g/mol. The Balaban J connectivity index is 1.25. The summed E-state index contributed by atoms with van der Waals surface area (Å²) >= 11 is 0. The molecule has 0 spiro atoms. The number of sulfonamides is 1. The Bertz CT molecular complexity index is 1260. The van der Waals surface area contributed by atoms with Gasteiger partial charge in [0.05, 0.1) is 17.1 Å². The van der Waals surface area contributed by atoms with E-state index in [1.54, 1.807) is 24.3 Å². The number of esters is 1. The average Bonchev–Trinajstić information content (AvgIpc) is 2.99. The molecule has 3 aromatic rings. The van der Waals surface area contributed by atoms with Crippen LogP contribution in [0.15, 0.2) is 65.6 Å². The molecule has 0 unspecified atom stereocenters. The summed E-state index contributed by atoms with van der Waals surface area (Å²) in [5.41, 5.74) is 2.72. The summed E-state index contributed by atoms with van der Waals surface area (Å²) in [6, 6.07) is 18.3. The van der Waals surface area contributed by atoms with Gasteiger partial charge in [-0.25, -0.2) is 8.42 Å². The van der Waals surface area contributed by atoms with E-state index < -0.39 is 22.5 Å². The highest BCUT2D eigenvalue weighted by molar-refractivity contribution is 7.93. The highest BCUT2D eigenvalue weighted by atomic mass is 32.2. The van der Waals surface area contributed by atoms with Gasteiger partial charge in [0.25, 0.3) is 10.0 Å². The molecule has 0 bridgehead atoms. The number of aryl methyl sites for hydroxylation is 2. The van der Waals surface area contributed by atoms with Crippen LogP contribution < -0.4 is 9.62 Å². The fraction of sp³-hybridized carbons (Fsp3) is 0.250. The van der Waals surface area contributed by atoms with E-state index in [4.69, 9.17) is 4.74 Å². The second-order valence-corrected chi connectivity index (χ2v) is 9.53. The zero-order valence-electron chi connectivity index (χ0n) is 17.7. The Hall–Kier alpha value is -3.39. The summed E-state index contributed by atoms with van der Waals surface area (Å²) in [5.74, 6) is -0.807. The molecule has 0 aliphatic carbocycles. The lowest BCUT2D eigenvalue weighted by Gasteiger charge is -2.17. The minimum Gasteiger partial charge on any atom is -0.462 e. The lowest BCUT2D eigenvalue weighted by atomic mass is 10.1. The maximum absolute atomic E-state index is 12.9. The second kappa shape index (κ2) is 9.00. The summed E-state index contributed by atoms with van der Waals surface area (Å²) in [6.07, 6.45) is 0.968. The first-order valence-electron chi connectivity index (χ1n) is 10.4. The van der Waals surface area contributed by atoms with Gasteiger partial charge in [0.15, 0.2) is 0 Å². The van der Waals surface area contributed by atoms with E-state index in [1.165, 1.54) is 5.56 Å². The Morgan fingerprint density at radius 2 is 1.72 bits per heavy atom. The van der Waals surface area contributed by atoms with Crippen molar-refractivity contribution in [2.24, 2.45) is 0 Å². The van der Waals surface area contributed by atoms with Gasteiger partial charge in [-0.2, -0.15) is 0 Å². The van der Waals surface area contributed by atoms with Crippen LogP contribution in [0, 0.1) is 6.92 Å². The molecular weight excluding hydrogens is 428 g/mol. The number of hydrogen-bond donors (Lipinski definition) is 1. The third-order valence-corrected chi connectivity index (χ3v) is 7.20. The molecule has 0 radical (unpaired) electrons. The summed E-state index contributed by atoms with van der Waals surface area (Å²) in [4.78, 5) is 24.5. The van der Waals surface area contributed by atoms with E-state index in [2.05, 4.69) is 5.32 Å². The highest BCUT2D eigenvalue weighted by Gasteiger charge is 2.36. The largest absolute Gasteiger partial charge is 0.462 e. The highest BCUT2D eigenvalue weighted by Crippen LogP contribution is 2.41. The SMILES string of the molecule is Cc1ccc(CCC(=O)NCCOC(=O)CN2c3cccc4cccc(c34)S2(=O)=O)cc1. The lowest BCUT2D eigenvalue weighted by Crippen LogP contribution is -2.35. The van der Waals surface area contributed by atoms with Crippen LogP contribution in [-0.4, -0.2) is 40.0 Å². The van der Waals surface area contributed by atoms with Crippen molar-refractivity contribution in [3.63, 3.8) is 0 Å². The van der Waals surface area contributed by atoms with E-state index in [9.17, 15) is 18.0 Å². The molecule has 1 aliphatic rings. The van der Waals surface area contributed by atoms with E-state index in [0.717, 1.165) is 15.3 Å². The zero-order chi connectivity index (χ0) is 22.7. The van der Waals surface area contributed by atoms with Crippen molar-refractivity contribution >= 4 is 38.4 Å². The van der Waals surface area contributed by atoms with Gasteiger partial charge in [0.1, 0.15) is 13.2 Å². The number of benzene rings is 3. The quantitative estimate of drug-likeness (QED) is 0.419. The predicted octanol–water partition coefficient (Wildman–Crippen LogP) is 2.95. The van der Waals surface area contributed by atoms with Crippen molar-refractivity contribution < 1.29 is 22.7 Å². The first-order chi connectivity index (χ1) is 15.4. The molecule has 1 heterocycles. The molecule has 1 amide bonds. The molecule has 0 atom stereocenters. The number of rotatable bonds is 8. The molecule has 1 aliphatic heterocycles. The Morgan fingerprint density at radius 1 is 1.00 bits per heavy atom. The maximum Gasteiger partial charge on any atom is 0.326 e. The first kappa shape index (κ1) is 21.8. The summed E-state index contributed by atoms with van der Waals surface area (Å²) < 4.78 is 32.0. The standard InChI is InChI=1S/C24H24N2O5S/c1-17-8-10-18(11-9-17)12-13-22(27)25-14-15-31-23(28)16-26-20-6-2-4-19-5-3-7-21(24(19)20)32(26,29)30/h2-11H,12-16H2,1H3,(H,25,27). The lowest BCUT2D eigenvalue weighted by molar-refractivity contribution is -0.142. The molecule has 166 valence electrons. The molecule has 32 heavy (non-hydrogen) atoms. The number of nitrogens with one attached hydrogen (secondary N) is 1. The molecule has 4 rings (SSSR count). The Labute approximate surface area is 187 Å². The van der Waals surface area contributed by atoms with Crippen LogP contribution in [0.1, 0.15) is 17.5 Å². The summed E-state index contributed by atoms with van der Waals surface area (Å²) in [5, 5.41) is 4.13. The van der Waals surface area contributed by atoms with Crippen LogP contribution in [0.25, 0.3) is 10.8 Å². The van der Waals surface area contributed by atoms with E-state index in [0.29, 0.717) is 23.9 Å². The molecule has 7 nitrogen and oxygen atoms in total. The van der Waals surface area contributed by atoms with Crippen LogP contribution >= 0.6 is 0 Å². The monoisotopic (exact) mass is 452 g/mol. The van der Waals surface area contributed by atoms with Gasteiger partial charge in [-0.15, -0.1) is 0 Å². The van der Waals surface area contributed by atoms with Crippen LogP contribution in [0.5, 0.6) is 0 Å². The maximum atomic E-state index is 12.9. The van der Waals surface area contributed by atoms with E-state index >= 15 is 0 Å². The van der Waals surface area contributed by atoms with Gasteiger partial charge in [-0.1, -0.05) is 54.1 Å². The van der Waals surface area contributed by atoms with Gasteiger partial charge >= 0.3 is 5.97 Å². The Morgan fingerprint density at radius 3 is 2.47 bits per heavy atom. The van der Waals surface area contributed by atoms with Crippen LogP contribution in [0.3, 0.4) is 0 Å². The number of ether oxygens (including phenoxy) is 1. The van der Waals surface area contributed by atoms with Crippen molar-refractivity contribution in [1.82, 2.24) is 5.32 Å². The van der Waals surface area contributed by atoms with Gasteiger partial charge in [0.2, 0.25) is 5.91 Å². The minimum absolute atomic E-state index is 0.0276. The van der Waals surface area contributed by atoms with Crippen molar-refractivity contribution in [2.45, 2.75) is 24.7 Å². The van der Waals surface area contributed by atoms with E-state index in [-0.39, 0.29) is 24.0 Å². The number of hydrogen-bond acceptors (Lipinski definition) is 5. The van der Waals surface area contributed by atoms with Crippen LogP contribution in [0.4, 0.5) is 5.69 Å². The molecule has 1 N–H and O–H groups in total. The van der Waals surface area contributed by atoms with Crippen molar-refractivity contribution in [3.8, 4) is 0 Å². The molecule has 8 heteroatoms. The molecule has 0 fully saturated rings. The van der Waals surface area contributed by atoms with Gasteiger partial charge in [-0.05, 0) is 36.4 Å². The molecular formula is C24H24N2O5S. The van der Waals surface area contributed by atoms with Gasteiger partial charge in [-0.3, -0.25) is 13.9 Å². The first-order valence-corrected chi connectivity index (χ1v) is 11.8. The minimum atomic E-state index is -3.81. The number of amides is 1. The summed E-state index contributed by atoms with van der Waals surface area (Å²) in [6.45, 7) is 1.73. The predicted molar refractivity (Wildman–Crippen MR) is 122 cm³/mol. The molecule has 0 saturated carbocycles. The van der Waals surface area contributed by atoms with Crippen LogP contribution in [0.2, 0.25) is 0 Å². The van der Waals surface area contributed by atoms with Crippen molar-refractivity contribution in [2.75, 3.05) is 24.0 Å². The molecule has 0 aromatic heterocycles. The number of anilines is 1. The van der Waals surface area contributed by atoms with Gasteiger partial charge in [0, 0.05) is 11.8 Å². The number of nitrogens with zero attached hydrogens (tertiary/aromatic N) is 1. The topological polar surface area (TPSA) is 92.8 Å². The van der Waals surface area contributed by atoms with Crippen LogP contribution in [-0.2, 0) is 30.8 Å². The molecule has 0 saturated heterocycles. The third kappa shape index (κ3) is 4.45. The fourth-order valence-electron chi connectivity index (χ4n) is 3.75. The van der Waals surface area contributed by atoms with Crippen molar-refractivity contribution in [3.05, 3.63) is 71.8 Å². The number of carbonyl (C=O) groups excluding carboxylic acids is 2.